The summed E-state index contributed by atoms with van der Waals surface area (Å²) in [5.74, 6) is 0. The second-order valence-corrected chi connectivity index (χ2v) is 4.25. The van der Waals surface area contributed by atoms with Gasteiger partial charge in [0.25, 0.3) is 0 Å². The Morgan fingerprint density at radius 1 is 1.33 bits per heavy atom. The highest BCUT2D eigenvalue weighted by Crippen LogP contribution is 2.31. The highest BCUT2D eigenvalue weighted by Gasteiger charge is 2.38. The zero-order chi connectivity index (χ0) is 10.9. The van der Waals surface area contributed by atoms with Crippen molar-refractivity contribution in [3.8, 4) is 0 Å². The lowest BCUT2D eigenvalue weighted by molar-refractivity contribution is -0.0564. The van der Waals surface area contributed by atoms with E-state index in [0.717, 1.165) is 13.1 Å². The van der Waals surface area contributed by atoms with E-state index in [1.165, 1.54) is 11.3 Å². The first-order chi connectivity index (χ1) is 7.18. The number of ether oxygens (including phenoxy) is 1. The standard InChI is InChI=1S/C12H18N2O/c1-14(2)11-6-4-5-10(7-11)12(15-3)8-13-9-12/h4-7,13H,8-9H2,1-3H3. The van der Waals surface area contributed by atoms with Crippen molar-refractivity contribution >= 4 is 5.69 Å². The molecule has 1 aromatic rings. The average molecular weight is 206 g/mol. The summed E-state index contributed by atoms with van der Waals surface area (Å²) in [5, 5.41) is 3.26. The summed E-state index contributed by atoms with van der Waals surface area (Å²) in [7, 11) is 5.89. The van der Waals surface area contributed by atoms with Crippen molar-refractivity contribution in [2.24, 2.45) is 0 Å². The fraction of sp³-hybridized carbons (Fsp3) is 0.500. The number of anilines is 1. The second kappa shape index (κ2) is 3.83. The molecule has 0 amide bonds. The monoisotopic (exact) mass is 206 g/mol. The van der Waals surface area contributed by atoms with Gasteiger partial charge in [0, 0.05) is 40.0 Å². The molecule has 0 aromatic heterocycles. The molecule has 0 atom stereocenters. The Bertz CT molecular complexity index is 340. The van der Waals surface area contributed by atoms with Gasteiger partial charge in [-0.25, -0.2) is 0 Å². The van der Waals surface area contributed by atoms with Crippen molar-refractivity contribution in [1.82, 2.24) is 5.32 Å². The number of rotatable bonds is 3. The SMILES string of the molecule is COC1(c2cccc(N(C)C)c2)CNC1. The van der Waals surface area contributed by atoms with Gasteiger partial charge >= 0.3 is 0 Å². The van der Waals surface area contributed by atoms with Gasteiger partial charge in [0.2, 0.25) is 0 Å². The Kier molecular flexibility index (Phi) is 2.67. The van der Waals surface area contributed by atoms with Crippen LogP contribution in [-0.4, -0.2) is 34.3 Å². The van der Waals surface area contributed by atoms with E-state index in [-0.39, 0.29) is 5.60 Å². The van der Waals surface area contributed by atoms with Crippen LogP contribution in [0.3, 0.4) is 0 Å². The van der Waals surface area contributed by atoms with Gasteiger partial charge in [-0.05, 0) is 17.7 Å². The smallest absolute Gasteiger partial charge is 0.117 e. The van der Waals surface area contributed by atoms with Gasteiger partial charge < -0.3 is 15.0 Å². The van der Waals surface area contributed by atoms with Crippen LogP contribution in [0.2, 0.25) is 0 Å². The lowest BCUT2D eigenvalue weighted by Crippen LogP contribution is -2.57. The molecular formula is C12H18N2O. The molecule has 2 rings (SSSR count). The van der Waals surface area contributed by atoms with Crippen molar-refractivity contribution in [3.63, 3.8) is 0 Å². The minimum atomic E-state index is -0.105. The van der Waals surface area contributed by atoms with Crippen LogP contribution in [0.15, 0.2) is 24.3 Å². The maximum atomic E-state index is 5.61. The third kappa shape index (κ3) is 1.73. The van der Waals surface area contributed by atoms with Gasteiger partial charge in [0.15, 0.2) is 0 Å². The largest absolute Gasteiger partial charge is 0.378 e. The summed E-state index contributed by atoms with van der Waals surface area (Å²) in [4.78, 5) is 2.11. The first-order valence-electron chi connectivity index (χ1n) is 5.22. The lowest BCUT2D eigenvalue weighted by Gasteiger charge is -2.42. The van der Waals surface area contributed by atoms with Crippen LogP contribution in [0.4, 0.5) is 5.69 Å². The average Bonchev–Trinajstić information content (AvgIpc) is 2.17. The number of hydrogen-bond acceptors (Lipinski definition) is 3. The molecule has 3 nitrogen and oxygen atoms in total. The number of benzene rings is 1. The number of methoxy groups -OCH3 is 1. The molecule has 1 N–H and O–H groups in total. The topological polar surface area (TPSA) is 24.5 Å². The molecule has 15 heavy (non-hydrogen) atoms. The molecule has 0 aliphatic carbocycles. The molecule has 82 valence electrons. The lowest BCUT2D eigenvalue weighted by atomic mass is 9.87. The van der Waals surface area contributed by atoms with Crippen molar-refractivity contribution in [2.45, 2.75) is 5.60 Å². The summed E-state index contributed by atoms with van der Waals surface area (Å²) in [5.41, 5.74) is 2.37. The highest BCUT2D eigenvalue weighted by molar-refractivity contribution is 5.49. The summed E-state index contributed by atoms with van der Waals surface area (Å²) in [6, 6.07) is 8.53. The van der Waals surface area contributed by atoms with E-state index >= 15 is 0 Å². The minimum absolute atomic E-state index is 0.105. The Morgan fingerprint density at radius 2 is 2.07 bits per heavy atom. The molecule has 0 saturated carbocycles. The van der Waals surface area contributed by atoms with Gasteiger partial charge in [-0.2, -0.15) is 0 Å². The normalized spacial score (nSPS) is 18.3. The van der Waals surface area contributed by atoms with E-state index in [1.54, 1.807) is 7.11 Å². The third-order valence-corrected chi connectivity index (χ3v) is 3.10. The third-order valence-electron chi connectivity index (χ3n) is 3.10. The van der Waals surface area contributed by atoms with Gasteiger partial charge in [0.05, 0.1) is 0 Å². The van der Waals surface area contributed by atoms with Crippen molar-refractivity contribution < 1.29 is 4.74 Å². The van der Waals surface area contributed by atoms with Crippen LogP contribution >= 0.6 is 0 Å². The van der Waals surface area contributed by atoms with Gasteiger partial charge in [0.1, 0.15) is 5.60 Å². The maximum absolute atomic E-state index is 5.61. The maximum Gasteiger partial charge on any atom is 0.117 e. The molecule has 1 fully saturated rings. The van der Waals surface area contributed by atoms with Crippen molar-refractivity contribution in [1.29, 1.82) is 0 Å². The van der Waals surface area contributed by atoms with Crippen molar-refractivity contribution in [2.75, 3.05) is 39.2 Å². The van der Waals surface area contributed by atoms with Crippen LogP contribution in [0.25, 0.3) is 0 Å². The van der Waals surface area contributed by atoms with E-state index in [1.807, 2.05) is 0 Å². The quantitative estimate of drug-likeness (QED) is 0.804. The van der Waals surface area contributed by atoms with Crippen LogP contribution in [0, 0.1) is 0 Å². The van der Waals surface area contributed by atoms with Crippen LogP contribution < -0.4 is 10.2 Å². The molecule has 0 spiro atoms. The minimum Gasteiger partial charge on any atom is -0.378 e. The van der Waals surface area contributed by atoms with Gasteiger partial charge in [-0.3, -0.25) is 0 Å². The number of nitrogens with one attached hydrogen (secondary N) is 1. The Labute approximate surface area is 91.0 Å². The summed E-state index contributed by atoms with van der Waals surface area (Å²) >= 11 is 0. The molecule has 1 aromatic carbocycles. The molecule has 1 aliphatic rings. The van der Waals surface area contributed by atoms with Crippen LogP contribution in [0.5, 0.6) is 0 Å². The molecule has 3 heteroatoms. The summed E-state index contributed by atoms with van der Waals surface area (Å²) in [6.45, 7) is 1.81. The van der Waals surface area contributed by atoms with E-state index in [2.05, 4.69) is 48.6 Å². The fourth-order valence-electron chi connectivity index (χ4n) is 1.89. The predicted octanol–water partition coefficient (Wildman–Crippen LogP) is 1.20. The zero-order valence-corrected chi connectivity index (χ0v) is 9.58. The van der Waals surface area contributed by atoms with E-state index in [0.29, 0.717) is 0 Å². The van der Waals surface area contributed by atoms with E-state index < -0.39 is 0 Å². The van der Waals surface area contributed by atoms with Crippen LogP contribution in [-0.2, 0) is 10.3 Å². The number of nitrogens with zero attached hydrogens (tertiary/aromatic N) is 1. The van der Waals surface area contributed by atoms with E-state index in [9.17, 15) is 0 Å². The van der Waals surface area contributed by atoms with Crippen LogP contribution in [0.1, 0.15) is 5.56 Å². The summed E-state index contributed by atoms with van der Waals surface area (Å²) in [6.07, 6.45) is 0. The second-order valence-electron chi connectivity index (χ2n) is 4.25. The number of hydrogen-bond donors (Lipinski definition) is 1. The molecule has 0 unspecified atom stereocenters. The van der Waals surface area contributed by atoms with E-state index in [4.69, 9.17) is 4.74 Å². The molecule has 1 aliphatic heterocycles. The Balaban J connectivity index is 2.31. The summed E-state index contributed by atoms with van der Waals surface area (Å²) < 4.78 is 5.61. The Morgan fingerprint density at radius 3 is 2.53 bits per heavy atom. The zero-order valence-electron chi connectivity index (χ0n) is 9.58. The van der Waals surface area contributed by atoms with Gasteiger partial charge in [-0.1, -0.05) is 12.1 Å². The highest BCUT2D eigenvalue weighted by atomic mass is 16.5. The first-order valence-corrected chi connectivity index (χ1v) is 5.22. The molecule has 0 radical (unpaired) electrons. The Hall–Kier alpha value is -1.06. The van der Waals surface area contributed by atoms with Crippen molar-refractivity contribution in [3.05, 3.63) is 29.8 Å². The molecular weight excluding hydrogens is 188 g/mol. The van der Waals surface area contributed by atoms with Gasteiger partial charge in [-0.15, -0.1) is 0 Å². The first kappa shape index (κ1) is 10.5. The fourth-order valence-corrected chi connectivity index (χ4v) is 1.89. The molecule has 1 heterocycles. The molecule has 0 bridgehead atoms. The molecule has 1 saturated heterocycles. The predicted molar refractivity (Wildman–Crippen MR) is 62.3 cm³/mol.